The molecule has 1 N–H and O–H groups in total. The molecular formula is C10H12N2. The van der Waals surface area contributed by atoms with Gasteiger partial charge in [-0.25, -0.2) is 0 Å². The second kappa shape index (κ2) is 3.07. The van der Waals surface area contributed by atoms with Crippen molar-refractivity contribution in [2.24, 2.45) is 0 Å². The molecule has 0 bridgehead atoms. The van der Waals surface area contributed by atoms with Crippen molar-refractivity contribution in [1.29, 1.82) is 0 Å². The van der Waals surface area contributed by atoms with Crippen molar-refractivity contribution in [1.82, 2.24) is 10.3 Å². The maximum atomic E-state index is 4.15. The maximum Gasteiger partial charge on any atom is 0.0347 e. The molecule has 2 rings (SSSR count). The van der Waals surface area contributed by atoms with Crippen LogP contribution in [0.5, 0.6) is 0 Å². The largest absolute Gasteiger partial charge is 0.310 e. The minimum absolute atomic E-state index is 0.525. The summed E-state index contributed by atoms with van der Waals surface area (Å²) in [6.07, 6.45) is 6.80. The van der Waals surface area contributed by atoms with Crippen molar-refractivity contribution in [3.05, 3.63) is 36.2 Å². The predicted molar refractivity (Wildman–Crippen MR) is 49.7 cm³/mol. The molecule has 1 aromatic rings. The average molecular weight is 160 g/mol. The third-order valence-electron chi connectivity index (χ3n) is 2.24. The van der Waals surface area contributed by atoms with Crippen LogP contribution in [0.1, 0.15) is 23.6 Å². The molecule has 1 saturated heterocycles. The topological polar surface area (TPSA) is 24.9 Å². The van der Waals surface area contributed by atoms with Gasteiger partial charge in [-0.05, 0) is 30.2 Å². The van der Waals surface area contributed by atoms with Crippen molar-refractivity contribution in [3.8, 4) is 0 Å². The predicted octanol–water partition coefficient (Wildman–Crippen LogP) is 1.76. The van der Waals surface area contributed by atoms with Gasteiger partial charge in [0.25, 0.3) is 0 Å². The third-order valence-corrected chi connectivity index (χ3v) is 2.24. The lowest BCUT2D eigenvalue weighted by Crippen LogP contribution is -2.34. The maximum absolute atomic E-state index is 4.15. The van der Waals surface area contributed by atoms with E-state index in [1.807, 2.05) is 18.5 Å². The Labute approximate surface area is 72.3 Å². The molecule has 2 nitrogen and oxygen atoms in total. The Morgan fingerprint density at radius 1 is 1.58 bits per heavy atom. The molecule has 1 aromatic heterocycles. The molecule has 0 amide bonds. The molecular weight excluding hydrogens is 148 g/mol. The summed E-state index contributed by atoms with van der Waals surface area (Å²) in [7, 11) is 0. The van der Waals surface area contributed by atoms with Crippen molar-refractivity contribution >= 4 is 6.08 Å². The van der Waals surface area contributed by atoms with Crippen molar-refractivity contribution in [2.75, 3.05) is 6.54 Å². The number of aromatic nitrogens is 1. The molecule has 0 aliphatic carbocycles. The lowest BCUT2D eigenvalue weighted by molar-refractivity contribution is 0.382. The van der Waals surface area contributed by atoms with Crippen LogP contribution in [0.25, 0.3) is 6.08 Å². The van der Waals surface area contributed by atoms with Gasteiger partial charge < -0.3 is 5.32 Å². The Bertz CT molecular complexity index is 290. The van der Waals surface area contributed by atoms with Gasteiger partial charge in [-0.15, -0.1) is 0 Å². The average Bonchev–Trinajstić information content (AvgIpc) is 2.02. The van der Waals surface area contributed by atoms with Gasteiger partial charge in [-0.1, -0.05) is 12.7 Å². The van der Waals surface area contributed by atoms with Crippen LogP contribution in [0.15, 0.2) is 25.0 Å². The summed E-state index contributed by atoms with van der Waals surface area (Å²) >= 11 is 0. The minimum Gasteiger partial charge on any atom is -0.310 e. The summed E-state index contributed by atoms with van der Waals surface area (Å²) < 4.78 is 0. The molecule has 1 aliphatic heterocycles. The van der Waals surface area contributed by atoms with E-state index in [2.05, 4.69) is 22.9 Å². The molecule has 1 aliphatic rings. The van der Waals surface area contributed by atoms with E-state index in [9.17, 15) is 0 Å². The fourth-order valence-electron chi connectivity index (χ4n) is 1.35. The van der Waals surface area contributed by atoms with Crippen LogP contribution in [0, 0.1) is 0 Å². The molecule has 1 unspecified atom stereocenters. The number of hydrogen-bond acceptors (Lipinski definition) is 2. The van der Waals surface area contributed by atoms with Crippen LogP contribution in [0.2, 0.25) is 0 Å². The fraction of sp³-hybridized carbons (Fsp3) is 0.300. The van der Waals surface area contributed by atoms with E-state index in [1.54, 1.807) is 0 Å². The van der Waals surface area contributed by atoms with E-state index in [0.717, 1.165) is 12.1 Å². The zero-order valence-corrected chi connectivity index (χ0v) is 6.96. The van der Waals surface area contributed by atoms with E-state index < -0.39 is 0 Å². The quantitative estimate of drug-likeness (QED) is 0.713. The Hall–Kier alpha value is -1.15. The zero-order chi connectivity index (χ0) is 8.39. The molecule has 2 heteroatoms. The van der Waals surface area contributed by atoms with E-state index in [-0.39, 0.29) is 0 Å². The first-order valence-electron chi connectivity index (χ1n) is 4.21. The van der Waals surface area contributed by atoms with Gasteiger partial charge in [0.15, 0.2) is 0 Å². The molecule has 1 atom stereocenters. The van der Waals surface area contributed by atoms with Gasteiger partial charge in [0.1, 0.15) is 0 Å². The molecule has 0 radical (unpaired) electrons. The van der Waals surface area contributed by atoms with Gasteiger partial charge >= 0.3 is 0 Å². The molecule has 1 fully saturated rings. The first kappa shape index (κ1) is 7.50. The highest BCUT2D eigenvalue weighted by atomic mass is 15.0. The summed E-state index contributed by atoms with van der Waals surface area (Å²) in [4.78, 5) is 4.15. The summed E-state index contributed by atoms with van der Waals surface area (Å²) in [5.41, 5.74) is 2.37. The van der Waals surface area contributed by atoms with Gasteiger partial charge in [0, 0.05) is 18.4 Å². The Morgan fingerprint density at radius 2 is 2.42 bits per heavy atom. The van der Waals surface area contributed by atoms with Gasteiger partial charge in [0.05, 0.1) is 0 Å². The van der Waals surface area contributed by atoms with Crippen LogP contribution in [-0.4, -0.2) is 11.5 Å². The second-order valence-electron chi connectivity index (χ2n) is 3.05. The lowest BCUT2D eigenvalue weighted by atomic mass is 9.99. The zero-order valence-electron chi connectivity index (χ0n) is 6.96. The molecule has 0 aromatic carbocycles. The molecule has 62 valence electrons. The van der Waals surface area contributed by atoms with E-state index in [0.29, 0.717) is 6.04 Å². The van der Waals surface area contributed by atoms with Crippen LogP contribution in [0.4, 0.5) is 0 Å². The van der Waals surface area contributed by atoms with Crippen molar-refractivity contribution in [3.63, 3.8) is 0 Å². The smallest absolute Gasteiger partial charge is 0.0347 e. The van der Waals surface area contributed by atoms with Crippen molar-refractivity contribution < 1.29 is 0 Å². The van der Waals surface area contributed by atoms with E-state index >= 15 is 0 Å². The van der Waals surface area contributed by atoms with Crippen LogP contribution < -0.4 is 5.32 Å². The third kappa shape index (κ3) is 1.25. The summed E-state index contributed by atoms with van der Waals surface area (Å²) in [6, 6.07) is 2.66. The molecule has 0 spiro atoms. The summed E-state index contributed by atoms with van der Waals surface area (Å²) in [5.74, 6) is 0. The lowest BCUT2D eigenvalue weighted by Gasteiger charge is -2.27. The highest BCUT2D eigenvalue weighted by molar-refractivity contribution is 5.46. The van der Waals surface area contributed by atoms with Gasteiger partial charge in [-0.3, -0.25) is 4.98 Å². The number of rotatable bonds is 2. The Kier molecular flexibility index (Phi) is 1.92. The first-order chi connectivity index (χ1) is 5.90. The minimum atomic E-state index is 0.525. The fourth-order valence-corrected chi connectivity index (χ4v) is 1.35. The van der Waals surface area contributed by atoms with E-state index in [4.69, 9.17) is 0 Å². The number of hydrogen-bond donors (Lipinski definition) is 1. The molecule has 0 saturated carbocycles. The van der Waals surface area contributed by atoms with E-state index in [1.165, 1.54) is 12.0 Å². The number of pyridine rings is 1. The van der Waals surface area contributed by atoms with Gasteiger partial charge in [0.2, 0.25) is 0 Å². The number of nitrogens with one attached hydrogen (secondary N) is 1. The van der Waals surface area contributed by atoms with Crippen LogP contribution >= 0.6 is 0 Å². The van der Waals surface area contributed by atoms with Crippen LogP contribution in [-0.2, 0) is 0 Å². The summed E-state index contributed by atoms with van der Waals surface area (Å²) in [5, 5.41) is 3.34. The molecule has 12 heavy (non-hydrogen) atoms. The number of nitrogens with zero attached hydrogens (tertiary/aromatic N) is 1. The highest BCUT2D eigenvalue weighted by Crippen LogP contribution is 2.22. The van der Waals surface area contributed by atoms with Gasteiger partial charge in [-0.2, -0.15) is 0 Å². The first-order valence-corrected chi connectivity index (χ1v) is 4.21. The SMILES string of the molecule is C=Cc1cncc(C2CCN2)c1. The Morgan fingerprint density at radius 3 is 3.00 bits per heavy atom. The second-order valence-corrected chi connectivity index (χ2v) is 3.05. The highest BCUT2D eigenvalue weighted by Gasteiger charge is 2.18. The summed E-state index contributed by atoms with van der Waals surface area (Å²) in [6.45, 7) is 4.84. The van der Waals surface area contributed by atoms with Crippen molar-refractivity contribution in [2.45, 2.75) is 12.5 Å². The standard InChI is InChI=1S/C10H12N2/c1-2-8-5-9(7-11-6-8)10-3-4-12-10/h2,5-7,10,12H,1,3-4H2. The normalized spacial score (nSPS) is 21.5. The monoisotopic (exact) mass is 160 g/mol. The molecule has 2 heterocycles. The van der Waals surface area contributed by atoms with Crippen LogP contribution in [0.3, 0.4) is 0 Å². The Balaban J connectivity index is 2.25.